The third-order valence-electron chi connectivity index (χ3n) is 4.41. The fourth-order valence-electron chi connectivity index (χ4n) is 3.03. The van der Waals surface area contributed by atoms with Crippen LogP contribution in [0.4, 0.5) is 0 Å². The smallest absolute Gasteiger partial charge is 0.281 e. The van der Waals surface area contributed by atoms with E-state index in [1.807, 2.05) is 64.5 Å². The molecule has 4 nitrogen and oxygen atoms in total. The molecule has 6 heteroatoms. The number of para-hydroxylation sites is 2. The van der Waals surface area contributed by atoms with Gasteiger partial charge in [-0.25, -0.2) is 0 Å². The number of ether oxygens (including phenoxy) is 1. The van der Waals surface area contributed by atoms with E-state index in [9.17, 15) is 4.79 Å². The molecule has 0 radical (unpaired) electrons. The minimum Gasteiger partial charge on any atom is -0.495 e. The molecule has 0 aliphatic rings. The lowest BCUT2D eigenvalue weighted by Crippen LogP contribution is -2.17. The first-order valence-corrected chi connectivity index (χ1v) is 10.2. The average Bonchev–Trinajstić information content (AvgIpc) is 3.17. The lowest BCUT2D eigenvalue weighted by molar-refractivity contribution is 0.0998. The van der Waals surface area contributed by atoms with Gasteiger partial charge in [0, 0.05) is 5.38 Å². The van der Waals surface area contributed by atoms with E-state index in [1.165, 1.54) is 11.3 Å². The summed E-state index contributed by atoms with van der Waals surface area (Å²) in [4.78, 5) is 17.8. The Balaban J connectivity index is 1.95. The fourth-order valence-corrected chi connectivity index (χ4v) is 4.14. The minimum atomic E-state index is -0.388. The van der Waals surface area contributed by atoms with E-state index in [2.05, 4.69) is 4.99 Å². The molecule has 1 heterocycles. The number of aromatic nitrogens is 1. The van der Waals surface area contributed by atoms with Crippen molar-refractivity contribution < 1.29 is 9.53 Å². The van der Waals surface area contributed by atoms with E-state index >= 15 is 0 Å². The summed E-state index contributed by atoms with van der Waals surface area (Å²) in [7, 11) is 1.62. The predicted octanol–water partition coefficient (Wildman–Crippen LogP) is 5.61. The van der Waals surface area contributed by atoms with E-state index < -0.39 is 0 Å². The molecule has 0 atom stereocenters. The van der Waals surface area contributed by atoms with Crippen LogP contribution in [0.2, 0.25) is 5.02 Å². The molecular weight excluding hydrogens is 404 g/mol. The zero-order chi connectivity index (χ0) is 20.2. The summed E-state index contributed by atoms with van der Waals surface area (Å²) in [5.41, 5.74) is 3.11. The SMILES string of the molecule is COc1ccccc1-n1c(-c2ccccc2)csc1=NC(=O)c1ccccc1Cl. The van der Waals surface area contributed by atoms with Crippen LogP contribution in [0.1, 0.15) is 10.4 Å². The van der Waals surface area contributed by atoms with Gasteiger partial charge in [0.2, 0.25) is 0 Å². The molecule has 0 saturated carbocycles. The molecule has 0 N–H and O–H groups in total. The molecule has 4 aromatic rings. The maximum absolute atomic E-state index is 12.8. The summed E-state index contributed by atoms with van der Waals surface area (Å²) < 4.78 is 7.50. The molecule has 1 aromatic heterocycles. The molecule has 0 fully saturated rings. The van der Waals surface area contributed by atoms with Crippen LogP contribution in [-0.4, -0.2) is 17.6 Å². The highest BCUT2D eigenvalue weighted by molar-refractivity contribution is 7.07. The van der Waals surface area contributed by atoms with Gasteiger partial charge in [-0.05, 0) is 29.8 Å². The van der Waals surface area contributed by atoms with Gasteiger partial charge in [-0.2, -0.15) is 4.99 Å². The van der Waals surface area contributed by atoms with Gasteiger partial charge in [0.1, 0.15) is 5.75 Å². The van der Waals surface area contributed by atoms with Crippen molar-refractivity contribution in [3.63, 3.8) is 0 Å². The quantitative estimate of drug-likeness (QED) is 0.430. The van der Waals surface area contributed by atoms with E-state index in [4.69, 9.17) is 16.3 Å². The number of benzene rings is 3. The van der Waals surface area contributed by atoms with E-state index in [1.54, 1.807) is 31.4 Å². The second-order valence-corrected chi connectivity index (χ2v) is 7.42. The number of thiazole rings is 1. The lowest BCUT2D eigenvalue weighted by Gasteiger charge is -2.13. The number of methoxy groups -OCH3 is 1. The van der Waals surface area contributed by atoms with Crippen LogP contribution in [0.15, 0.2) is 89.2 Å². The maximum atomic E-state index is 12.8. The third kappa shape index (κ3) is 3.88. The van der Waals surface area contributed by atoms with Gasteiger partial charge in [0.15, 0.2) is 4.80 Å². The van der Waals surface area contributed by atoms with Crippen molar-refractivity contribution >= 4 is 28.8 Å². The average molecular weight is 421 g/mol. The first-order valence-electron chi connectivity index (χ1n) is 8.92. The number of carbonyl (C=O) groups excluding carboxylic acids is 1. The predicted molar refractivity (Wildman–Crippen MR) is 117 cm³/mol. The summed E-state index contributed by atoms with van der Waals surface area (Å²) in [5, 5.41) is 2.37. The number of carbonyl (C=O) groups is 1. The van der Waals surface area contributed by atoms with Crippen molar-refractivity contribution in [1.29, 1.82) is 0 Å². The van der Waals surface area contributed by atoms with Crippen molar-refractivity contribution in [2.24, 2.45) is 4.99 Å². The summed E-state index contributed by atoms with van der Waals surface area (Å²) in [6.45, 7) is 0. The van der Waals surface area contributed by atoms with Gasteiger partial charge in [-0.3, -0.25) is 9.36 Å². The first-order chi connectivity index (χ1) is 14.2. The number of rotatable bonds is 4. The zero-order valence-electron chi connectivity index (χ0n) is 15.6. The molecule has 3 aromatic carbocycles. The molecule has 29 heavy (non-hydrogen) atoms. The molecule has 0 unspecified atom stereocenters. The molecule has 0 aliphatic carbocycles. The van der Waals surface area contributed by atoms with Gasteiger partial charge in [-0.15, -0.1) is 11.3 Å². The van der Waals surface area contributed by atoms with Crippen LogP contribution in [-0.2, 0) is 0 Å². The van der Waals surface area contributed by atoms with Crippen molar-refractivity contribution in [1.82, 2.24) is 4.57 Å². The van der Waals surface area contributed by atoms with E-state index in [0.29, 0.717) is 21.1 Å². The Labute approximate surface area is 177 Å². The molecular formula is C23H17ClN2O2S. The topological polar surface area (TPSA) is 43.6 Å². The van der Waals surface area contributed by atoms with Crippen LogP contribution in [0.5, 0.6) is 5.75 Å². The Hall–Kier alpha value is -3.15. The number of hydrogen-bond donors (Lipinski definition) is 0. The number of hydrogen-bond acceptors (Lipinski definition) is 3. The standard InChI is InChI=1S/C23H17ClN2O2S/c1-28-21-14-8-7-13-19(21)26-20(16-9-3-2-4-10-16)15-29-23(26)25-22(27)17-11-5-6-12-18(17)24/h2-15H,1H3. The Kier molecular flexibility index (Phi) is 5.60. The first kappa shape index (κ1) is 19.2. The van der Waals surface area contributed by atoms with Gasteiger partial charge in [0.05, 0.1) is 29.1 Å². The molecule has 0 saturated heterocycles. The second kappa shape index (κ2) is 8.47. The third-order valence-corrected chi connectivity index (χ3v) is 5.56. The largest absolute Gasteiger partial charge is 0.495 e. The molecule has 0 spiro atoms. The lowest BCUT2D eigenvalue weighted by atomic mass is 10.1. The molecule has 4 rings (SSSR count). The van der Waals surface area contributed by atoms with Gasteiger partial charge >= 0.3 is 0 Å². The monoisotopic (exact) mass is 420 g/mol. The highest BCUT2D eigenvalue weighted by atomic mass is 35.5. The van der Waals surface area contributed by atoms with Crippen LogP contribution >= 0.6 is 22.9 Å². The normalized spacial score (nSPS) is 11.4. The molecule has 144 valence electrons. The van der Waals surface area contributed by atoms with Gasteiger partial charge < -0.3 is 4.74 Å². The zero-order valence-corrected chi connectivity index (χ0v) is 17.2. The maximum Gasteiger partial charge on any atom is 0.281 e. The van der Waals surface area contributed by atoms with Crippen LogP contribution < -0.4 is 9.54 Å². The Morgan fingerprint density at radius 2 is 1.66 bits per heavy atom. The highest BCUT2D eigenvalue weighted by Crippen LogP contribution is 2.28. The fraction of sp³-hybridized carbons (Fsp3) is 0.0435. The number of amides is 1. The van der Waals surface area contributed by atoms with Crippen LogP contribution in [0.25, 0.3) is 16.9 Å². The summed E-state index contributed by atoms with van der Waals surface area (Å²) >= 11 is 7.58. The van der Waals surface area contributed by atoms with Gasteiger partial charge in [0.25, 0.3) is 5.91 Å². The van der Waals surface area contributed by atoms with E-state index in [0.717, 1.165) is 16.9 Å². The van der Waals surface area contributed by atoms with Crippen LogP contribution in [0, 0.1) is 0 Å². The molecule has 0 bridgehead atoms. The number of nitrogens with zero attached hydrogens (tertiary/aromatic N) is 2. The van der Waals surface area contributed by atoms with Crippen molar-refractivity contribution in [3.05, 3.63) is 99.6 Å². The summed E-state index contributed by atoms with van der Waals surface area (Å²) in [6, 6.07) is 24.5. The molecule has 0 aliphatic heterocycles. The van der Waals surface area contributed by atoms with Gasteiger partial charge in [-0.1, -0.05) is 66.2 Å². The Bertz CT molecular complexity index is 1230. The van der Waals surface area contributed by atoms with E-state index in [-0.39, 0.29) is 5.91 Å². The van der Waals surface area contributed by atoms with Crippen molar-refractivity contribution in [3.8, 4) is 22.7 Å². The Morgan fingerprint density at radius 3 is 2.41 bits per heavy atom. The van der Waals surface area contributed by atoms with Crippen molar-refractivity contribution in [2.45, 2.75) is 0 Å². The van der Waals surface area contributed by atoms with Crippen LogP contribution in [0.3, 0.4) is 0 Å². The second-order valence-electron chi connectivity index (χ2n) is 6.17. The summed E-state index contributed by atoms with van der Waals surface area (Å²) in [6.07, 6.45) is 0. The minimum absolute atomic E-state index is 0.371. The van der Waals surface area contributed by atoms with Crippen molar-refractivity contribution in [2.75, 3.05) is 7.11 Å². The highest BCUT2D eigenvalue weighted by Gasteiger charge is 2.15. The molecule has 1 amide bonds. The number of halogens is 1. The summed E-state index contributed by atoms with van der Waals surface area (Å²) in [5.74, 6) is 0.301. The Morgan fingerprint density at radius 1 is 0.966 bits per heavy atom.